The molecule has 3 saturated heterocycles. The third kappa shape index (κ3) is 10.0. The van der Waals surface area contributed by atoms with Crippen molar-refractivity contribution in [3.05, 3.63) is 112 Å². The Morgan fingerprint density at radius 1 is 0.941 bits per heavy atom. The van der Waals surface area contributed by atoms with Crippen LogP contribution in [0.2, 0.25) is 10.0 Å². The number of carbonyl (C=O) groups excluding carboxylic acids is 1. The molecule has 13 nitrogen and oxygen atoms in total. The van der Waals surface area contributed by atoms with Gasteiger partial charge >= 0.3 is 0 Å². The molecule has 0 spiro atoms. The first-order valence-electron chi connectivity index (χ1n) is 23.6. The summed E-state index contributed by atoms with van der Waals surface area (Å²) in [7, 11) is -4.44. The summed E-state index contributed by atoms with van der Waals surface area (Å²) in [6, 6.07) is 21.8. The Morgan fingerprint density at radius 3 is 2.46 bits per heavy atom. The lowest BCUT2D eigenvalue weighted by atomic mass is 9.72. The first-order valence-corrected chi connectivity index (χ1v) is 25.8. The van der Waals surface area contributed by atoms with Crippen LogP contribution in [0, 0.1) is 5.41 Å². The first kappa shape index (κ1) is 46.7. The van der Waals surface area contributed by atoms with E-state index in [9.17, 15) is 13.2 Å². The average molecular weight is 984 g/mol. The number of sulfonamides is 1. The Balaban J connectivity index is 0.855. The Bertz CT molecular complexity index is 2970. The van der Waals surface area contributed by atoms with E-state index in [0.29, 0.717) is 54.3 Å². The van der Waals surface area contributed by atoms with E-state index in [4.69, 9.17) is 37.7 Å². The van der Waals surface area contributed by atoms with Crippen LogP contribution in [-0.4, -0.2) is 121 Å². The molecule has 0 radical (unpaired) electrons. The third-order valence-electron chi connectivity index (χ3n) is 14.4. The molecule has 0 bridgehead atoms. The van der Waals surface area contributed by atoms with Crippen molar-refractivity contribution in [2.75, 3.05) is 70.5 Å². The lowest BCUT2D eigenvalue weighted by molar-refractivity contribution is -0.0214. The summed E-state index contributed by atoms with van der Waals surface area (Å²) >= 11 is 12.8. The lowest BCUT2D eigenvalue weighted by Crippen LogP contribution is -2.50. The number of aromatic amines is 1. The highest BCUT2D eigenvalue weighted by Gasteiger charge is 2.38. The molecular formula is C51H57Cl2FN8O5S. The van der Waals surface area contributed by atoms with Crippen molar-refractivity contribution in [2.45, 2.75) is 75.4 Å². The van der Waals surface area contributed by atoms with Crippen LogP contribution in [0.1, 0.15) is 74.7 Å². The number of anilines is 1. The van der Waals surface area contributed by atoms with Gasteiger partial charge in [-0.25, -0.2) is 27.2 Å². The molecule has 68 heavy (non-hydrogen) atoms. The van der Waals surface area contributed by atoms with Crippen molar-refractivity contribution < 1.29 is 27.1 Å². The van der Waals surface area contributed by atoms with Crippen LogP contribution in [0.3, 0.4) is 0 Å². The number of nitrogens with one attached hydrogen (secondary N) is 2. The van der Waals surface area contributed by atoms with Gasteiger partial charge in [0, 0.05) is 87.4 Å². The summed E-state index contributed by atoms with van der Waals surface area (Å²) < 4.78 is 59.0. The van der Waals surface area contributed by atoms with E-state index >= 15 is 4.39 Å². The number of pyridine rings is 1. The quantitative estimate of drug-likeness (QED) is 0.122. The molecule has 1 aliphatic carbocycles. The first-order chi connectivity index (χ1) is 32.7. The van der Waals surface area contributed by atoms with Crippen molar-refractivity contribution in [1.29, 1.82) is 0 Å². The van der Waals surface area contributed by atoms with Gasteiger partial charge in [0.05, 0.1) is 32.9 Å². The zero-order chi connectivity index (χ0) is 47.2. The zero-order valence-corrected chi connectivity index (χ0v) is 40.8. The Kier molecular flexibility index (Phi) is 13.1. The summed E-state index contributed by atoms with van der Waals surface area (Å²) in [5.74, 6) is -0.688. The van der Waals surface area contributed by atoms with Crippen LogP contribution in [0.5, 0.6) is 5.75 Å². The molecular weight excluding hydrogens is 927 g/mol. The standard InChI is InChI=1S/C51H57Cl2FN8O5S/c1-50(2)15-11-36(42(30-50)34-3-5-37(52)6-4-34)32-59-21-23-61(24-22-59)39-7-9-41(45(28-39)62-46-27-35-12-18-55-48(35)57-44(46)31-56-62)49(63)58-68(64,65)40-8-10-47(43(53)29-40)67-33-51(54)16-19-60(20-17-51)38-13-25-66-26-14-38/h3-10,12,18,27-29,31,38H,11,13-17,19-26,30,32-33H2,1-2H3,(H,55,57)(H,58,63). The molecule has 0 saturated carbocycles. The molecule has 358 valence electrons. The minimum atomic E-state index is -4.44. The molecule has 10 rings (SSSR count). The van der Waals surface area contributed by atoms with Crippen molar-refractivity contribution in [2.24, 2.45) is 5.41 Å². The second-order valence-electron chi connectivity index (χ2n) is 19.6. The van der Waals surface area contributed by atoms with Crippen molar-refractivity contribution in [3.63, 3.8) is 0 Å². The molecule has 17 heteroatoms. The fraction of sp³-hybridized carbons (Fsp3) is 0.431. The van der Waals surface area contributed by atoms with Crippen molar-refractivity contribution in [3.8, 4) is 11.4 Å². The van der Waals surface area contributed by atoms with Crippen LogP contribution in [0.4, 0.5) is 10.1 Å². The maximum Gasteiger partial charge on any atom is 0.267 e. The maximum atomic E-state index is 15.9. The number of amides is 1. The number of fused-ring (bicyclic) bond motifs is 2. The molecule has 1 amide bonds. The lowest BCUT2D eigenvalue weighted by Gasteiger charge is -2.41. The highest BCUT2D eigenvalue weighted by Crippen LogP contribution is 2.44. The number of carbonyl (C=O) groups is 1. The number of allylic oxidation sites excluding steroid dienone is 1. The molecule has 0 unspecified atom stereocenters. The SMILES string of the molecule is CC1(C)CCC(CN2CCN(c3ccc(C(=O)NS(=O)(=O)c4ccc(OCC5(F)CCN(C6CCOCC6)CC5)c(Cl)c4)c(-n4ncc5nc6[nH]ccc6cc54)c3)CC2)=C(c2ccc(Cl)cc2)C1. The van der Waals surface area contributed by atoms with E-state index in [2.05, 4.69) is 55.5 Å². The van der Waals surface area contributed by atoms with E-state index in [0.717, 1.165) is 94.1 Å². The Labute approximate surface area is 406 Å². The number of piperidine rings is 1. The van der Waals surface area contributed by atoms with Gasteiger partial charge in [0.2, 0.25) is 0 Å². The molecule has 3 aliphatic heterocycles. The highest BCUT2D eigenvalue weighted by molar-refractivity contribution is 7.90. The number of hydrogen-bond acceptors (Lipinski definition) is 10. The van der Waals surface area contributed by atoms with Gasteiger partial charge in [-0.05, 0) is 122 Å². The maximum absolute atomic E-state index is 15.9. The highest BCUT2D eigenvalue weighted by atomic mass is 35.5. The molecule has 6 heterocycles. The molecule has 4 aliphatic rings. The largest absolute Gasteiger partial charge is 0.489 e. The summed E-state index contributed by atoms with van der Waals surface area (Å²) in [6.45, 7) is 11.3. The topological polar surface area (TPSA) is 138 Å². The number of benzene rings is 3. The number of halogens is 3. The number of hydrogen-bond donors (Lipinski definition) is 2. The molecule has 6 aromatic rings. The number of piperazine rings is 1. The average Bonchev–Trinajstić information content (AvgIpc) is 3.98. The van der Waals surface area contributed by atoms with Gasteiger partial charge in [0.1, 0.15) is 29.2 Å². The van der Waals surface area contributed by atoms with Gasteiger partial charge in [0.15, 0.2) is 0 Å². The Morgan fingerprint density at radius 2 is 1.71 bits per heavy atom. The zero-order valence-electron chi connectivity index (χ0n) is 38.4. The minimum absolute atomic E-state index is 0.0123. The van der Waals surface area contributed by atoms with Crippen LogP contribution < -0.4 is 14.4 Å². The number of ether oxygens (including phenoxy) is 2. The smallest absolute Gasteiger partial charge is 0.267 e. The normalized spacial score (nSPS) is 19.8. The van der Waals surface area contributed by atoms with Crippen LogP contribution in [-0.2, 0) is 14.8 Å². The van der Waals surface area contributed by atoms with E-state index in [-0.39, 0.29) is 33.3 Å². The molecule has 2 N–H and O–H groups in total. The number of H-pyrrole nitrogens is 1. The second-order valence-corrected chi connectivity index (χ2v) is 22.1. The number of rotatable bonds is 12. The molecule has 3 aromatic heterocycles. The van der Waals surface area contributed by atoms with Crippen molar-refractivity contribution >= 4 is 72.5 Å². The van der Waals surface area contributed by atoms with Gasteiger partial charge in [-0.1, -0.05) is 54.8 Å². The van der Waals surface area contributed by atoms with E-state index in [1.165, 1.54) is 34.9 Å². The van der Waals surface area contributed by atoms with Crippen molar-refractivity contribution in [1.82, 2.24) is 34.3 Å². The van der Waals surface area contributed by atoms with Gasteiger partial charge in [-0.3, -0.25) is 14.6 Å². The van der Waals surface area contributed by atoms with Crippen LogP contribution >= 0.6 is 23.2 Å². The summed E-state index contributed by atoms with van der Waals surface area (Å²) in [6.07, 6.45) is 9.22. The summed E-state index contributed by atoms with van der Waals surface area (Å²) in [5, 5.41) is 6.27. The van der Waals surface area contributed by atoms with E-state index < -0.39 is 21.6 Å². The predicted molar refractivity (Wildman–Crippen MR) is 265 cm³/mol. The third-order valence-corrected chi connectivity index (χ3v) is 16.3. The summed E-state index contributed by atoms with van der Waals surface area (Å²) in [4.78, 5) is 29.0. The predicted octanol–water partition coefficient (Wildman–Crippen LogP) is 9.48. The fourth-order valence-corrected chi connectivity index (χ4v) is 11.7. The van der Waals surface area contributed by atoms with Gasteiger partial charge in [-0.2, -0.15) is 5.10 Å². The number of likely N-dealkylation sites (tertiary alicyclic amines) is 1. The monoisotopic (exact) mass is 982 g/mol. The van der Waals surface area contributed by atoms with Gasteiger partial charge in [0.25, 0.3) is 15.9 Å². The van der Waals surface area contributed by atoms with Gasteiger partial charge < -0.3 is 19.4 Å². The second kappa shape index (κ2) is 19.0. The Hall–Kier alpha value is -5.03. The molecule has 3 aromatic carbocycles. The van der Waals surface area contributed by atoms with E-state index in [1.54, 1.807) is 16.9 Å². The fourth-order valence-electron chi connectivity index (χ4n) is 10.3. The van der Waals surface area contributed by atoms with Crippen LogP contribution in [0.15, 0.2) is 95.7 Å². The minimum Gasteiger partial charge on any atom is -0.489 e. The van der Waals surface area contributed by atoms with E-state index in [1.807, 2.05) is 42.6 Å². The number of alkyl halides is 1. The summed E-state index contributed by atoms with van der Waals surface area (Å²) in [5.41, 5.74) is 6.16. The van der Waals surface area contributed by atoms with Gasteiger partial charge in [-0.15, -0.1) is 0 Å². The number of aromatic nitrogens is 4. The molecule has 3 fully saturated rings. The van der Waals surface area contributed by atoms with Crippen LogP contribution in [0.25, 0.3) is 33.3 Å². The molecule has 0 atom stereocenters. The number of nitrogens with zero attached hydrogens (tertiary/aromatic N) is 6.